The van der Waals surface area contributed by atoms with Gasteiger partial charge in [-0.15, -0.1) is 0 Å². The summed E-state index contributed by atoms with van der Waals surface area (Å²) >= 11 is 0. The number of rotatable bonds is 9. The van der Waals surface area contributed by atoms with Gasteiger partial charge in [0, 0.05) is 32.4 Å². The zero-order valence-electron chi connectivity index (χ0n) is 12.7. The van der Waals surface area contributed by atoms with Crippen molar-refractivity contribution >= 4 is 11.8 Å². The maximum atomic E-state index is 4.59. The monoisotopic (exact) mass is 265 g/mol. The minimum atomic E-state index is 0.727. The predicted molar refractivity (Wildman–Crippen MR) is 81.9 cm³/mol. The molecule has 5 nitrogen and oxygen atoms in total. The van der Waals surface area contributed by atoms with Crippen LogP contribution < -0.4 is 10.2 Å². The van der Waals surface area contributed by atoms with Gasteiger partial charge in [0.25, 0.3) is 0 Å². The van der Waals surface area contributed by atoms with Gasteiger partial charge < -0.3 is 15.1 Å². The van der Waals surface area contributed by atoms with Crippen LogP contribution in [0.1, 0.15) is 26.7 Å². The average molecular weight is 265 g/mol. The van der Waals surface area contributed by atoms with Crippen molar-refractivity contribution in [2.75, 3.05) is 50.5 Å². The summed E-state index contributed by atoms with van der Waals surface area (Å²) in [5.74, 6) is 1.74. The SMILES string of the molecule is CCCNc1nccc(N(CCC)CCN(C)C)n1. The van der Waals surface area contributed by atoms with Crippen LogP contribution in [-0.4, -0.2) is 55.1 Å². The van der Waals surface area contributed by atoms with Crippen molar-refractivity contribution in [1.29, 1.82) is 0 Å². The standard InChI is InChI=1S/C14H27N5/c1-5-8-15-14-16-9-7-13(17-14)19(10-6-2)12-11-18(3)4/h7,9H,5-6,8,10-12H2,1-4H3,(H,15,16,17). The Morgan fingerprint density at radius 3 is 2.53 bits per heavy atom. The smallest absolute Gasteiger partial charge is 0.224 e. The van der Waals surface area contributed by atoms with Crippen LogP contribution in [0.15, 0.2) is 12.3 Å². The summed E-state index contributed by atoms with van der Waals surface area (Å²) in [6.07, 6.45) is 4.03. The van der Waals surface area contributed by atoms with E-state index >= 15 is 0 Å². The maximum Gasteiger partial charge on any atom is 0.224 e. The molecule has 0 atom stereocenters. The van der Waals surface area contributed by atoms with Crippen LogP contribution in [0.2, 0.25) is 0 Å². The van der Waals surface area contributed by atoms with Crippen LogP contribution in [-0.2, 0) is 0 Å². The number of nitrogens with one attached hydrogen (secondary N) is 1. The Morgan fingerprint density at radius 1 is 1.11 bits per heavy atom. The molecule has 1 aromatic rings. The lowest BCUT2D eigenvalue weighted by molar-refractivity contribution is 0.412. The molecule has 0 unspecified atom stereocenters. The lowest BCUT2D eigenvalue weighted by atomic mass is 10.3. The summed E-state index contributed by atoms with van der Waals surface area (Å²) < 4.78 is 0. The van der Waals surface area contributed by atoms with Gasteiger partial charge >= 0.3 is 0 Å². The van der Waals surface area contributed by atoms with Crippen molar-refractivity contribution in [2.45, 2.75) is 26.7 Å². The minimum absolute atomic E-state index is 0.727. The second-order valence-corrected chi connectivity index (χ2v) is 4.96. The summed E-state index contributed by atoms with van der Waals surface area (Å²) in [7, 11) is 4.19. The minimum Gasteiger partial charge on any atom is -0.355 e. The highest BCUT2D eigenvalue weighted by molar-refractivity contribution is 5.42. The van der Waals surface area contributed by atoms with E-state index in [9.17, 15) is 0 Å². The van der Waals surface area contributed by atoms with E-state index in [0.29, 0.717) is 0 Å². The van der Waals surface area contributed by atoms with Crippen LogP contribution in [0.3, 0.4) is 0 Å². The summed E-state index contributed by atoms with van der Waals surface area (Å²) in [6.45, 7) is 8.29. The van der Waals surface area contributed by atoms with Crippen LogP contribution in [0, 0.1) is 0 Å². The molecule has 19 heavy (non-hydrogen) atoms. The molecular formula is C14H27N5. The number of likely N-dealkylation sites (N-methyl/N-ethyl adjacent to an activating group) is 1. The van der Waals surface area contributed by atoms with Crippen molar-refractivity contribution in [3.8, 4) is 0 Å². The van der Waals surface area contributed by atoms with Gasteiger partial charge in [-0.1, -0.05) is 13.8 Å². The topological polar surface area (TPSA) is 44.3 Å². The average Bonchev–Trinajstić information content (AvgIpc) is 2.41. The number of anilines is 2. The van der Waals surface area contributed by atoms with E-state index in [-0.39, 0.29) is 0 Å². The first-order valence-corrected chi connectivity index (χ1v) is 7.14. The zero-order valence-corrected chi connectivity index (χ0v) is 12.7. The van der Waals surface area contributed by atoms with Crippen LogP contribution in [0.4, 0.5) is 11.8 Å². The molecule has 5 heteroatoms. The highest BCUT2D eigenvalue weighted by Crippen LogP contribution is 2.12. The fraction of sp³-hybridized carbons (Fsp3) is 0.714. The zero-order chi connectivity index (χ0) is 14.1. The second-order valence-electron chi connectivity index (χ2n) is 4.96. The third-order valence-corrected chi connectivity index (χ3v) is 2.81. The van der Waals surface area contributed by atoms with Crippen molar-refractivity contribution in [3.05, 3.63) is 12.3 Å². The van der Waals surface area contributed by atoms with E-state index in [1.54, 1.807) is 0 Å². The van der Waals surface area contributed by atoms with E-state index in [0.717, 1.165) is 50.8 Å². The molecule has 1 rings (SSSR count). The van der Waals surface area contributed by atoms with Gasteiger partial charge in [-0.2, -0.15) is 4.98 Å². The molecule has 0 radical (unpaired) electrons. The Hall–Kier alpha value is -1.36. The quantitative estimate of drug-likeness (QED) is 0.740. The fourth-order valence-electron chi connectivity index (χ4n) is 1.78. The molecule has 1 N–H and O–H groups in total. The number of hydrogen-bond donors (Lipinski definition) is 1. The normalized spacial score (nSPS) is 10.8. The molecule has 1 heterocycles. The highest BCUT2D eigenvalue weighted by atomic mass is 15.2. The lowest BCUT2D eigenvalue weighted by Gasteiger charge is -2.25. The van der Waals surface area contributed by atoms with E-state index in [2.05, 4.69) is 53.0 Å². The first-order chi connectivity index (χ1) is 9.17. The van der Waals surface area contributed by atoms with Crippen LogP contribution in [0.5, 0.6) is 0 Å². The molecule has 0 aliphatic carbocycles. The van der Waals surface area contributed by atoms with Gasteiger partial charge in [0.2, 0.25) is 5.95 Å². The number of hydrogen-bond acceptors (Lipinski definition) is 5. The Kier molecular flexibility index (Phi) is 7.18. The molecule has 0 aromatic carbocycles. The van der Waals surface area contributed by atoms with Gasteiger partial charge in [-0.25, -0.2) is 4.98 Å². The molecule has 0 bridgehead atoms. The van der Waals surface area contributed by atoms with Gasteiger partial charge in [0.05, 0.1) is 0 Å². The van der Waals surface area contributed by atoms with Crippen molar-refractivity contribution in [2.24, 2.45) is 0 Å². The van der Waals surface area contributed by atoms with Gasteiger partial charge in [-0.05, 0) is 33.0 Å². The molecule has 0 aliphatic rings. The second kappa shape index (κ2) is 8.69. The Morgan fingerprint density at radius 2 is 1.89 bits per heavy atom. The summed E-state index contributed by atoms with van der Waals surface area (Å²) in [5.41, 5.74) is 0. The molecular weight excluding hydrogens is 238 g/mol. The first kappa shape index (κ1) is 15.7. The Balaban J connectivity index is 2.71. The maximum absolute atomic E-state index is 4.59. The summed E-state index contributed by atoms with van der Waals surface area (Å²) in [6, 6.07) is 1.99. The van der Waals surface area contributed by atoms with E-state index in [1.807, 2.05) is 12.3 Å². The lowest BCUT2D eigenvalue weighted by Crippen LogP contribution is -2.33. The van der Waals surface area contributed by atoms with Crippen molar-refractivity contribution in [3.63, 3.8) is 0 Å². The third kappa shape index (κ3) is 5.87. The largest absolute Gasteiger partial charge is 0.355 e. The van der Waals surface area contributed by atoms with Crippen molar-refractivity contribution in [1.82, 2.24) is 14.9 Å². The summed E-state index contributed by atoms with van der Waals surface area (Å²) in [4.78, 5) is 13.4. The van der Waals surface area contributed by atoms with Gasteiger partial charge in [0.1, 0.15) is 5.82 Å². The third-order valence-electron chi connectivity index (χ3n) is 2.81. The molecule has 108 valence electrons. The van der Waals surface area contributed by atoms with E-state index in [4.69, 9.17) is 0 Å². The molecule has 1 aromatic heterocycles. The first-order valence-electron chi connectivity index (χ1n) is 7.14. The van der Waals surface area contributed by atoms with Crippen LogP contribution >= 0.6 is 0 Å². The van der Waals surface area contributed by atoms with E-state index < -0.39 is 0 Å². The Bertz CT molecular complexity index is 353. The molecule has 0 saturated heterocycles. The van der Waals surface area contributed by atoms with E-state index in [1.165, 1.54) is 0 Å². The fourth-order valence-corrected chi connectivity index (χ4v) is 1.78. The number of nitrogens with zero attached hydrogens (tertiary/aromatic N) is 4. The van der Waals surface area contributed by atoms with Crippen LogP contribution in [0.25, 0.3) is 0 Å². The van der Waals surface area contributed by atoms with Gasteiger partial charge in [0.15, 0.2) is 0 Å². The molecule has 0 aliphatic heterocycles. The molecule has 0 spiro atoms. The molecule has 0 fully saturated rings. The molecule has 0 saturated carbocycles. The van der Waals surface area contributed by atoms with Crippen molar-refractivity contribution < 1.29 is 0 Å². The van der Waals surface area contributed by atoms with Gasteiger partial charge in [-0.3, -0.25) is 0 Å². The number of aromatic nitrogens is 2. The predicted octanol–water partition coefficient (Wildman–Crippen LogP) is 2.08. The Labute approximate surface area is 117 Å². The highest BCUT2D eigenvalue weighted by Gasteiger charge is 2.08. The summed E-state index contributed by atoms with van der Waals surface area (Å²) in [5, 5.41) is 3.24. The molecule has 0 amide bonds.